The van der Waals surface area contributed by atoms with Crippen molar-refractivity contribution in [1.29, 1.82) is 0 Å². The van der Waals surface area contributed by atoms with Gasteiger partial charge in [-0.15, -0.1) is 11.8 Å². The van der Waals surface area contributed by atoms with Gasteiger partial charge in [0.2, 0.25) is 5.91 Å². The molecule has 0 aliphatic rings. The standard InChI is InChI=1S/C25H28BrN3O2S/c1-16-10-17(2)12-21(11-16)29-18(3)23(25(26)19(29)4)13-27-28-24(30)15-32-14-20-6-8-22(31-5)9-7-20/h6-13H,14-15H2,1-5H3,(H,28,30)/b27-13-. The molecule has 1 heterocycles. The summed E-state index contributed by atoms with van der Waals surface area (Å²) in [5.74, 6) is 1.79. The minimum absolute atomic E-state index is 0.126. The molecular formula is C25H28BrN3O2S. The number of rotatable bonds is 8. The normalized spacial score (nSPS) is 11.2. The Morgan fingerprint density at radius 2 is 1.75 bits per heavy atom. The minimum atomic E-state index is -0.126. The molecule has 0 saturated heterocycles. The van der Waals surface area contributed by atoms with Crippen LogP contribution in [0.3, 0.4) is 0 Å². The molecule has 1 N–H and O–H groups in total. The number of nitrogens with one attached hydrogen (secondary N) is 1. The van der Waals surface area contributed by atoms with Crippen LogP contribution in [-0.2, 0) is 10.5 Å². The van der Waals surface area contributed by atoms with Crippen LogP contribution in [0.4, 0.5) is 0 Å². The molecule has 2 aromatic carbocycles. The highest BCUT2D eigenvalue weighted by Crippen LogP contribution is 2.30. The predicted octanol–water partition coefficient (Wildman–Crippen LogP) is 5.87. The summed E-state index contributed by atoms with van der Waals surface area (Å²) in [6, 6.07) is 14.4. The van der Waals surface area contributed by atoms with E-state index in [1.54, 1.807) is 25.1 Å². The Morgan fingerprint density at radius 1 is 1.09 bits per heavy atom. The number of hydrogen-bond donors (Lipinski definition) is 1. The second-order valence-electron chi connectivity index (χ2n) is 7.71. The third kappa shape index (κ3) is 5.84. The molecule has 0 atom stereocenters. The van der Waals surface area contributed by atoms with Crippen molar-refractivity contribution in [2.45, 2.75) is 33.4 Å². The summed E-state index contributed by atoms with van der Waals surface area (Å²) in [5, 5.41) is 4.20. The molecule has 32 heavy (non-hydrogen) atoms. The van der Waals surface area contributed by atoms with Gasteiger partial charge < -0.3 is 9.30 Å². The molecule has 0 fully saturated rings. The highest BCUT2D eigenvalue weighted by atomic mass is 79.9. The van der Waals surface area contributed by atoms with E-state index in [9.17, 15) is 4.79 Å². The maximum atomic E-state index is 12.2. The molecule has 1 amide bonds. The van der Waals surface area contributed by atoms with E-state index in [1.165, 1.54) is 11.1 Å². The zero-order valence-electron chi connectivity index (χ0n) is 19.0. The molecule has 0 radical (unpaired) electrons. The van der Waals surface area contributed by atoms with Crippen molar-refractivity contribution >= 4 is 39.8 Å². The summed E-state index contributed by atoms with van der Waals surface area (Å²) in [5.41, 5.74) is 10.5. The van der Waals surface area contributed by atoms with Gasteiger partial charge in [0.25, 0.3) is 0 Å². The number of thioether (sulfide) groups is 1. The van der Waals surface area contributed by atoms with Crippen LogP contribution in [0.2, 0.25) is 0 Å². The number of carbonyl (C=O) groups excluding carboxylic acids is 1. The second kappa shape index (κ2) is 10.9. The van der Waals surface area contributed by atoms with Crippen LogP contribution in [-0.4, -0.2) is 29.6 Å². The number of methoxy groups -OCH3 is 1. The fourth-order valence-corrected chi connectivity index (χ4v) is 4.97. The number of aromatic nitrogens is 1. The highest BCUT2D eigenvalue weighted by Gasteiger charge is 2.16. The fourth-order valence-electron chi connectivity index (χ4n) is 3.63. The lowest BCUT2D eigenvalue weighted by molar-refractivity contribution is -0.118. The van der Waals surface area contributed by atoms with Gasteiger partial charge in [-0.3, -0.25) is 4.79 Å². The van der Waals surface area contributed by atoms with Crippen LogP contribution >= 0.6 is 27.7 Å². The Labute approximate surface area is 202 Å². The smallest absolute Gasteiger partial charge is 0.250 e. The number of carbonyl (C=O) groups is 1. The van der Waals surface area contributed by atoms with Gasteiger partial charge in [-0.1, -0.05) is 18.2 Å². The average molecular weight is 514 g/mol. The van der Waals surface area contributed by atoms with Crippen molar-refractivity contribution in [1.82, 2.24) is 9.99 Å². The summed E-state index contributed by atoms with van der Waals surface area (Å²) in [6.07, 6.45) is 1.71. The van der Waals surface area contributed by atoms with Gasteiger partial charge in [0, 0.05) is 32.9 Å². The molecule has 0 bridgehead atoms. The van der Waals surface area contributed by atoms with E-state index in [0.29, 0.717) is 5.75 Å². The average Bonchev–Trinajstić information content (AvgIpc) is 2.96. The molecule has 0 unspecified atom stereocenters. The molecule has 1 aromatic heterocycles. The number of aryl methyl sites for hydroxylation is 2. The van der Waals surface area contributed by atoms with Crippen LogP contribution in [0.15, 0.2) is 52.0 Å². The van der Waals surface area contributed by atoms with Gasteiger partial charge in [-0.05, 0) is 84.6 Å². The molecular weight excluding hydrogens is 486 g/mol. The first-order valence-corrected chi connectivity index (χ1v) is 12.2. The summed E-state index contributed by atoms with van der Waals surface area (Å²) in [6.45, 7) is 8.33. The highest BCUT2D eigenvalue weighted by molar-refractivity contribution is 9.10. The summed E-state index contributed by atoms with van der Waals surface area (Å²) in [4.78, 5) is 12.2. The zero-order valence-corrected chi connectivity index (χ0v) is 21.4. The number of benzene rings is 2. The van der Waals surface area contributed by atoms with Crippen LogP contribution in [0, 0.1) is 27.7 Å². The Kier molecular flexibility index (Phi) is 8.21. The first-order chi connectivity index (χ1) is 15.3. The Balaban J connectivity index is 1.61. The Hall–Kier alpha value is -2.51. The van der Waals surface area contributed by atoms with Crippen molar-refractivity contribution in [2.24, 2.45) is 5.10 Å². The molecule has 3 aromatic rings. The van der Waals surface area contributed by atoms with Gasteiger partial charge in [0.05, 0.1) is 19.1 Å². The fraction of sp³-hybridized carbons (Fsp3) is 0.280. The predicted molar refractivity (Wildman–Crippen MR) is 137 cm³/mol. The molecule has 0 aliphatic heterocycles. The van der Waals surface area contributed by atoms with Crippen molar-refractivity contribution in [3.63, 3.8) is 0 Å². The van der Waals surface area contributed by atoms with Crippen LogP contribution in [0.1, 0.15) is 33.6 Å². The molecule has 0 aliphatic carbocycles. The number of halogens is 1. The first-order valence-electron chi connectivity index (χ1n) is 10.3. The largest absolute Gasteiger partial charge is 0.497 e. The summed E-state index contributed by atoms with van der Waals surface area (Å²) in [7, 11) is 1.65. The Morgan fingerprint density at radius 3 is 2.38 bits per heavy atom. The van der Waals surface area contributed by atoms with E-state index in [0.717, 1.165) is 44.2 Å². The minimum Gasteiger partial charge on any atom is -0.497 e. The van der Waals surface area contributed by atoms with Gasteiger partial charge in [-0.2, -0.15) is 5.10 Å². The molecule has 7 heteroatoms. The Bertz CT molecular complexity index is 1120. The van der Waals surface area contributed by atoms with E-state index in [1.807, 2.05) is 24.3 Å². The van der Waals surface area contributed by atoms with E-state index in [4.69, 9.17) is 4.74 Å². The third-order valence-electron chi connectivity index (χ3n) is 5.12. The van der Waals surface area contributed by atoms with Crippen molar-refractivity contribution in [2.75, 3.05) is 12.9 Å². The van der Waals surface area contributed by atoms with Crippen LogP contribution in [0.25, 0.3) is 5.69 Å². The van der Waals surface area contributed by atoms with Crippen LogP contribution in [0.5, 0.6) is 5.75 Å². The second-order valence-corrected chi connectivity index (χ2v) is 9.49. The van der Waals surface area contributed by atoms with Gasteiger partial charge in [0.1, 0.15) is 5.75 Å². The SMILES string of the molecule is COc1ccc(CSCC(=O)N/N=C\c2c(Br)c(C)n(-c3cc(C)cc(C)c3)c2C)cc1. The third-order valence-corrected chi connectivity index (χ3v) is 7.13. The van der Waals surface area contributed by atoms with Gasteiger partial charge in [0.15, 0.2) is 0 Å². The van der Waals surface area contributed by atoms with Gasteiger partial charge >= 0.3 is 0 Å². The summed E-state index contributed by atoms with van der Waals surface area (Å²) < 4.78 is 8.34. The first kappa shape index (κ1) is 24.1. The lowest BCUT2D eigenvalue weighted by atomic mass is 10.1. The molecule has 0 saturated carbocycles. The molecule has 3 rings (SSSR count). The molecule has 0 spiro atoms. The molecule has 168 valence electrons. The number of hydrazone groups is 1. The number of hydrogen-bond acceptors (Lipinski definition) is 4. The van der Waals surface area contributed by atoms with Crippen molar-refractivity contribution in [3.05, 3.63) is 80.6 Å². The number of ether oxygens (including phenoxy) is 1. The molecule has 5 nitrogen and oxygen atoms in total. The number of nitrogens with zero attached hydrogens (tertiary/aromatic N) is 2. The van der Waals surface area contributed by atoms with E-state index in [-0.39, 0.29) is 5.91 Å². The van der Waals surface area contributed by atoms with Gasteiger partial charge in [-0.25, -0.2) is 5.43 Å². The lowest BCUT2D eigenvalue weighted by Crippen LogP contribution is -2.19. The van der Waals surface area contributed by atoms with E-state index >= 15 is 0 Å². The summed E-state index contributed by atoms with van der Waals surface area (Å²) >= 11 is 5.24. The van der Waals surface area contributed by atoms with Crippen molar-refractivity contribution < 1.29 is 9.53 Å². The quantitative estimate of drug-likeness (QED) is 0.302. The topological polar surface area (TPSA) is 55.6 Å². The monoisotopic (exact) mass is 513 g/mol. The maximum absolute atomic E-state index is 12.2. The lowest BCUT2D eigenvalue weighted by Gasteiger charge is -2.11. The van der Waals surface area contributed by atoms with E-state index in [2.05, 4.69) is 76.9 Å². The number of amides is 1. The van der Waals surface area contributed by atoms with Crippen LogP contribution < -0.4 is 10.2 Å². The van der Waals surface area contributed by atoms with Crippen molar-refractivity contribution in [3.8, 4) is 11.4 Å². The maximum Gasteiger partial charge on any atom is 0.250 e. The van der Waals surface area contributed by atoms with E-state index < -0.39 is 0 Å². The zero-order chi connectivity index (χ0) is 23.3.